The van der Waals surface area contributed by atoms with E-state index >= 15 is 0 Å². The number of aromatic amines is 1. The van der Waals surface area contributed by atoms with Crippen molar-refractivity contribution in [2.75, 3.05) is 6.54 Å². The van der Waals surface area contributed by atoms with Crippen LogP contribution in [-0.2, 0) is 20.0 Å². The summed E-state index contributed by atoms with van der Waals surface area (Å²) in [6.45, 7) is 3.89. The number of aryl methyl sites for hydroxylation is 1. The van der Waals surface area contributed by atoms with Crippen LogP contribution in [0.2, 0.25) is 0 Å². The van der Waals surface area contributed by atoms with Crippen LogP contribution in [0.3, 0.4) is 0 Å². The average Bonchev–Trinajstić information content (AvgIpc) is 2.88. The molecule has 2 aromatic heterocycles. The second-order valence-corrected chi connectivity index (χ2v) is 3.88. The molecule has 2 rings (SSSR count). The lowest BCUT2D eigenvalue weighted by atomic mass is 10.2. The summed E-state index contributed by atoms with van der Waals surface area (Å²) in [6.07, 6.45) is 6.45. The zero-order chi connectivity index (χ0) is 11.4. The normalized spacial score (nSPS) is 10.9. The summed E-state index contributed by atoms with van der Waals surface area (Å²) in [5, 5.41) is 7.60. The molecule has 2 N–H and O–H groups in total. The van der Waals surface area contributed by atoms with E-state index < -0.39 is 0 Å². The van der Waals surface area contributed by atoms with Gasteiger partial charge in [-0.3, -0.25) is 4.68 Å². The summed E-state index contributed by atoms with van der Waals surface area (Å²) in [7, 11) is 1.96. The fraction of sp³-hybridized carbons (Fsp3) is 0.455. The third kappa shape index (κ3) is 2.49. The molecule has 0 saturated heterocycles. The van der Waals surface area contributed by atoms with Crippen LogP contribution in [-0.4, -0.2) is 26.3 Å². The van der Waals surface area contributed by atoms with Gasteiger partial charge in [0.1, 0.15) is 0 Å². The van der Waals surface area contributed by atoms with Gasteiger partial charge in [0.05, 0.1) is 12.5 Å². The number of hydrogen-bond acceptors (Lipinski definition) is 3. The summed E-state index contributed by atoms with van der Waals surface area (Å²) in [6, 6.07) is 0. The quantitative estimate of drug-likeness (QED) is 0.731. The van der Waals surface area contributed by atoms with E-state index in [2.05, 4.69) is 27.3 Å². The maximum atomic E-state index is 4.21. The Labute approximate surface area is 94.9 Å². The van der Waals surface area contributed by atoms with Crippen LogP contribution < -0.4 is 5.32 Å². The van der Waals surface area contributed by atoms with Gasteiger partial charge in [-0.15, -0.1) is 0 Å². The molecule has 0 aromatic carbocycles. The maximum absolute atomic E-state index is 4.21. The van der Waals surface area contributed by atoms with Crippen LogP contribution >= 0.6 is 0 Å². The third-order valence-electron chi connectivity index (χ3n) is 2.78. The zero-order valence-electron chi connectivity index (χ0n) is 9.70. The molecular formula is C11H17N5. The molecule has 16 heavy (non-hydrogen) atoms. The van der Waals surface area contributed by atoms with Crippen LogP contribution in [0.15, 0.2) is 18.7 Å². The fourth-order valence-corrected chi connectivity index (χ4v) is 1.59. The lowest BCUT2D eigenvalue weighted by Crippen LogP contribution is -2.17. The highest BCUT2D eigenvalue weighted by molar-refractivity contribution is 5.15. The highest BCUT2D eigenvalue weighted by atomic mass is 15.3. The Morgan fingerprint density at radius 3 is 2.94 bits per heavy atom. The topological polar surface area (TPSA) is 58.5 Å². The third-order valence-corrected chi connectivity index (χ3v) is 2.78. The zero-order valence-corrected chi connectivity index (χ0v) is 9.70. The van der Waals surface area contributed by atoms with Gasteiger partial charge in [-0.05, 0) is 6.92 Å². The van der Waals surface area contributed by atoms with Gasteiger partial charge in [0.15, 0.2) is 0 Å². The monoisotopic (exact) mass is 219 g/mol. The molecule has 0 aliphatic rings. The molecule has 0 aliphatic carbocycles. The summed E-state index contributed by atoms with van der Waals surface area (Å²) < 4.78 is 1.89. The molecule has 5 heteroatoms. The minimum absolute atomic E-state index is 0.869. The van der Waals surface area contributed by atoms with Crippen molar-refractivity contribution >= 4 is 0 Å². The second kappa shape index (κ2) is 4.94. The van der Waals surface area contributed by atoms with Crippen molar-refractivity contribution in [2.45, 2.75) is 19.9 Å². The summed E-state index contributed by atoms with van der Waals surface area (Å²) in [5.41, 5.74) is 3.64. The van der Waals surface area contributed by atoms with Crippen LogP contribution in [0.4, 0.5) is 0 Å². The van der Waals surface area contributed by atoms with Gasteiger partial charge >= 0.3 is 0 Å². The smallest absolute Gasteiger partial charge is 0.0921 e. The van der Waals surface area contributed by atoms with Crippen molar-refractivity contribution in [1.29, 1.82) is 0 Å². The largest absolute Gasteiger partial charge is 0.348 e. The van der Waals surface area contributed by atoms with E-state index in [9.17, 15) is 0 Å². The molecule has 0 spiro atoms. The minimum atomic E-state index is 0.869. The van der Waals surface area contributed by atoms with Gasteiger partial charge in [-0.2, -0.15) is 5.10 Å². The van der Waals surface area contributed by atoms with E-state index in [-0.39, 0.29) is 0 Å². The molecular weight excluding hydrogens is 202 g/mol. The average molecular weight is 219 g/mol. The van der Waals surface area contributed by atoms with E-state index in [1.165, 1.54) is 11.3 Å². The van der Waals surface area contributed by atoms with Gasteiger partial charge < -0.3 is 10.3 Å². The van der Waals surface area contributed by atoms with Gasteiger partial charge in [-0.25, -0.2) is 4.98 Å². The minimum Gasteiger partial charge on any atom is -0.348 e. The first-order chi connectivity index (χ1) is 7.77. The second-order valence-electron chi connectivity index (χ2n) is 3.88. The molecule has 2 heterocycles. The molecule has 0 bridgehead atoms. The Morgan fingerprint density at radius 1 is 1.44 bits per heavy atom. The van der Waals surface area contributed by atoms with Crippen LogP contribution in [0.1, 0.15) is 17.0 Å². The number of hydrogen-bond donors (Lipinski definition) is 2. The Hall–Kier alpha value is -1.62. The van der Waals surface area contributed by atoms with E-state index in [1.807, 2.05) is 24.1 Å². The van der Waals surface area contributed by atoms with Crippen molar-refractivity contribution in [3.8, 4) is 0 Å². The lowest BCUT2D eigenvalue weighted by molar-refractivity contribution is 0.675. The summed E-state index contributed by atoms with van der Waals surface area (Å²) in [4.78, 5) is 7.06. The molecule has 2 aromatic rings. The van der Waals surface area contributed by atoms with E-state index in [0.717, 1.165) is 25.2 Å². The summed E-state index contributed by atoms with van der Waals surface area (Å²) >= 11 is 0. The van der Waals surface area contributed by atoms with E-state index in [1.54, 1.807) is 6.33 Å². The Morgan fingerprint density at radius 2 is 2.31 bits per heavy atom. The highest BCUT2D eigenvalue weighted by Crippen LogP contribution is 2.04. The van der Waals surface area contributed by atoms with Crippen molar-refractivity contribution in [1.82, 2.24) is 25.1 Å². The molecule has 0 aliphatic heterocycles. The van der Waals surface area contributed by atoms with Crippen molar-refractivity contribution in [3.63, 3.8) is 0 Å². The predicted molar refractivity (Wildman–Crippen MR) is 61.9 cm³/mol. The first-order valence-electron chi connectivity index (χ1n) is 5.43. The van der Waals surface area contributed by atoms with Crippen molar-refractivity contribution in [2.24, 2.45) is 7.05 Å². The summed E-state index contributed by atoms with van der Waals surface area (Å²) in [5.74, 6) is 0. The molecule has 0 amide bonds. The Bertz CT molecular complexity index is 429. The van der Waals surface area contributed by atoms with Gasteiger partial charge in [0.25, 0.3) is 0 Å². The number of aromatic nitrogens is 4. The number of H-pyrrole nitrogens is 1. The molecule has 0 atom stereocenters. The molecule has 0 unspecified atom stereocenters. The molecule has 0 fully saturated rings. The standard InChI is InChI=1S/C11H17N5/c1-9-10(6-15-16(9)2)5-12-4-3-11-7-13-8-14-11/h6-8,12H,3-5H2,1-2H3,(H,13,14). The SMILES string of the molecule is Cc1c(CNCCc2cnc[nH]2)cnn1C. The van der Waals surface area contributed by atoms with Gasteiger partial charge in [-0.1, -0.05) is 0 Å². The number of imidazole rings is 1. The van der Waals surface area contributed by atoms with Crippen LogP contribution in [0.5, 0.6) is 0 Å². The Kier molecular flexibility index (Phi) is 3.36. The first kappa shape index (κ1) is 10.9. The van der Waals surface area contributed by atoms with E-state index in [0.29, 0.717) is 0 Å². The van der Waals surface area contributed by atoms with Gasteiger partial charge in [0, 0.05) is 49.7 Å². The van der Waals surface area contributed by atoms with Crippen LogP contribution in [0, 0.1) is 6.92 Å². The van der Waals surface area contributed by atoms with Crippen molar-refractivity contribution in [3.05, 3.63) is 35.7 Å². The number of rotatable bonds is 5. The lowest BCUT2D eigenvalue weighted by Gasteiger charge is -2.03. The Balaban J connectivity index is 1.74. The first-order valence-corrected chi connectivity index (χ1v) is 5.43. The number of nitrogens with one attached hydrogen (secondary N) is 2. The molecule has 0 saturated carbocycles. The van der Waals surface area contributed by atoms with Crippen molar-refractivity contribution < 1.29 is 0 Å². The predicted octanol–water partition coefficient (Wildman–Crippen LogP) is 0.784. The van der Waals surface area contributed by atoms with Crippen LogP contribution in [0.25, 0.3) is 0 Å². The van der Waals surface area contributed by atoms with Gasteiger partial charge in [0.2, 0.25) is 0 Å². The number of nitrogens with zero attached hydrogens (tertiary/aromatic N) is 3. The van der Waals surface area contributed by atoms with E-state index in [4.69, 9.17) is 0 Å². The maximum Gasteiger partial charge on any atom is 0.0921 e. The molecule has 5 nitrogen and oxygen atoms in total. The highest BCUT2D eigenvalue weighted by Gasteiger charge is 2.02. The molecule has 86 valence electrons. The molecule has 0 radical (unpaired) electrons. The fourth-order valence-electron chi connectivity index (χ4n) is 1.59.